The van der Waals surface area contributed by atoms with Crippen LogP contribution in [0.25, 0.3) is 0 Å². The van der Waals surface area contributed by atoms with Crippen molar-refractivity contribution in [3.63, 3.8) is 0 Å². The summed E-state index contributed by atoms with van der Waals surface area (Å²) in [4.78, 5) is 0. The van der Waals surface area contributed by atoms with E-state index in [1.165, 1.54) is 5.56 Å². The molecule has 100 valence electrons. The Morgan fingerprint density at radius 2 is 2.06 bits per heavy atom. The Bertz CT molecular complexity index is 363. The first-order valence-corrected chi connectivity index (χ1v) is 6.74. The molecule has 1 fully saturated rings. The van der Waals surface area contributed by atoms with Gasteiger partial charge in [-0.2, -0.15) is 0 Å². The van der Waals surface area contributed by atoms with Gasteiger partial charge in [0, 0.05) is 6.04 Å². The fourth-order valence-corrected chi connectivity index (χ4v) is 2.22. The zero-order valence-corrected chi connectivity index (χ0v) is 11.5. The highest BCUT2D eigenvalue weighted by Crippen LogP contribution is 2.21. The van der Waals surface area contributed by atoms with E-state index in [0.717, 1.165) is 18.6 Å². The van der Waals surface area contributed by atoms with Gasteiger partial charge in [-0.25, -0.2) is 0 Å². The van der Waals surface area contributed by atoms with E-state index in [-0.39, 0.29) is 6.10 Å². The molecule has 1 heterocycles. The summed E-state index contributed by atoms with van der Waals surface area (Å²) in [5.74, 6) is 0.921. The van der Waals surface area contributed by atoms with Gasteiger partial charge in [0.25, 0.3) is 0 Å². The molecule has 3 atom stereocenters. The highest BCUT2D eigenvalue weighted by Gasteiger charge is 2.22. The SMILES string of the molecule is CNC(C)c1ccc(OCC2CCC(C)O2)cc1. The molecular formula is C15H23NO2. The average molecular weight is 249 g/mol. The summed E-state index contributed by atoms with van der Waals surface area (Å²) in [6.45, 7) is 4.92. The molecule has 0 aliphatic carbocycles. The standard InChI is InChI=1S/C15H23NO2/c1-11-4-7-15(18-11)10-17-14-8-5-13(6-9-14)12(2)16-3/h5-6,8-9,11-12,15-16H,4,7,10H2,1-3H3. The lowest BCUT2D eigenvalue weighted by molar-refractivity contribution is 0.0264. The van der Waals surface area contributed by atoms with Gasteiger partial charge in [0.1, 0.15) is 12.4 Å². The molecule has 1 saturated heterocycles. The van der Waals surface area contributed by atoms with Crippen LogP contribution in [-0.2, 0) is 4.74 Å². The van der Waals surface area contributed by atoms with Crippen molar-refractivity contribution in [2.24, 2.45) is 0 Å². The van der Waals surface area contributed by atoms with Crippen LogP contribution in [0.2, 0.25) is 0 Å². The summed E-state index contributed by atoms with van der Waals surface area (Å²) in [6.07, 6.45) is 2.90. The third-order valence-electron chi connectivity index (χ3n) is 3.57. The predicted molar refractivity (Wildman–Crippen MR) is 73.0 cm³/mol. The van der Waals surface area contributed by atoms with E-state index >= 15 is 0 Å². The third kappa shape index (κ3) is 3.47. The zero-order chi connectivity index (χ0) is 13.0. The van der Waals surface area contributed by atoms with Crippen LogP contribution in [0, 0.1) is 0 Å². The summed E-state index contributed by atoms with van der Waals surface area (Å²) in [7, 11) is 1.97. The minimum Gasteiger partial charge on any atom is -0.491 e. The lowest BCUT2D eigenvalue weighted by Gasteiger charge is -2.14. The molecular weight excluding hydrogens is 226 g/mol. The van der Waals surface area contributed by atoms with Crippen molar-refractivity contribution in [3.05, 3.63) is 29.8 Å². The van der Waals surface area contributed by atoms with Gasteiger partial charge in [0.05, 0.1) is 12.2 Å². The Kier molecular flexibility index (Phi) is 4.61. The van der Waals surface area contributed by atoms with Crippen LogP contribution in [0.1, 0.15) is 38.3 Å². The molecule has 3 nitrogen and oxygen atoms in total. The van der Waals surface area contributed by atoms with Gasteiger partial charge >= 0.3 is 0 Å². The van der Waals surface area contributed by atoms with Crippen molar-refractivity contribution < 1.29 is 9.47 Å². The van der Waals surface area contributed by atoms with Gasteiger partial charge in [-0.15, -0.1) is 0 Å². The summed E-state index contributed by atoms with van der Waals surface area (Å²) in [6, 6.07) is 8.64. The minimum atomic E-state index is 0.260. The molecule has 1 N–H and O–H groups in total. The summed E-state index contributed by atoms with van der Waals surface area (Å²) in [5.41, 5.74) is 1.27. The molecule has 1 aliphatic rings. The molecule has 0 bridgehead atoms. The molecule has 0 aromatic heterocycles. The topological polar surface area (TPSA) is 30.5 Å². The van der Waals surface area contributed by atoms with E-state index in [4.69, 9.17) is 9.47 Å². The van der Waals surface area contributed by atoms with Gasteiger partial charge in [-0.1, -0.05) is 12.1 Å². The maximum absolute atomic E-state index is 5.76. The molecule has 3 unspecified atom stereocenters. The molecule has 1 aliphatic heterocycles. The zero-order valence-electron chi connectivity index (χ0n) is 11.5. The fraction of sp³-hybridized carbons (Fsp3) is 0.600. The van der Waals surface area contributed by atoms with E-state index < -0.39 is 0 Å². The van der Waals surface area contributed by atoms with Crippen molar-refractivity contribution in [2.75, 3.05) is 13.7 Å². The first-order chi connectivity index (χ1) is 8.69. The summed E-state index contributed by atoms with van der Waals surface area (Å²) >= 11 is 0. The van der Waals surface area contributed by atoms with Crippen LogP contribution in [-0.4, -0.2) is 25.9 Å². The van der Waals surface area contributed by atoms with Crippen molar-refractivity contribution in [1.82, 2.24) is 5.32 Å². The van der Waals surface area contributed by atoms with Crippen molar-refractivity contribution >= 4 is 0 Å². The Morgan fingerprint density at radius 1 is 1.33 bits per heavy atom. The monoisotopic (exact) mass is 249 g/mol. The van der Waals surface area contributed by atoms with Gasteiger partial charge in [0.15, 0.2) is 0 Å². The number of benzene rings is 1. The van der Waals surface area contributed by atoms with Crippen LogP contribution >= 0.6 is 0 Å². The molecule has 18 heavy (non-hydrogen) atoms. The quantitative estimate of drug-likeness (QED) is 0.870. The third-order valence-corrected chi connectivity index (χ3v) is 3.57. The van der Waals surface area contributed by atoms with Crippen molar-refractivity contribution in [3.8, 4) is 5.75 Å². The van der Waals surface area contributed by atoms with E-state index in [0.29, 0.717) is 18.8 Å². The first kappa shape index (κ1) is 13.4. The molecule has 1 aromatic rings. The maximum Gasteiger partial charge on any atom is 0.119 e. The number of hydrogen-bond acceptors (Lipinski definition) is 3. The minimum absolute atomic E-state index is 0.260. The second-order valence-corrected chi connectivity index (χ2v) is 5.04. The number of hydrogen-bond donors (Lipinski definition) is 1. The fourth-order valence-electron chi connectivity index (χ4n) is 2.22. The largest absolute Gasteiger partial charge is 0.491 e. The number of nitrogens with one attached hydrogen (secondary N) is 1. The molecule has 0 saturated carbocycles. The smallest absolute Gasteiger partial charge is 0.119 e. The molecule has 0 radical (unpaired) electrons. The van der Waals surface area contributed by atoms with Gasteiger partial charge < -0.3 is 14.8 Å². The second kappa shape index (κ2) is 6.21. The lowest BCUT2D eigenvalue weighted by atomic mass is 10.1. The number of rotatable bonds is 5. The van der Waals surface area contributed by atoms with E-state index in [1.54, 1.807) is 0 Å². The normalized spacial score (nSPS) is 25.1. The molecule has 1 aromatic carbocycles. The van der Waals surface area contributed by atoms with Crippen LogP contribution in [0.4, 0.5) is 0 Å². The lowest BCUT2D eigenvalue weighted by Crippen LogP contribution is -2.18. The van der Waals surface area contributed by atoms with Crippen LogP contribution < -0.4 is 10.1 Å². The second-order valence-electron chi connectivity index (χ2n) is 5.04. The average Bonchev–Trinajstić information content (AvgIpc) is 2.82. The van der Waals surface area contributed by atoms with Gasteiger partial charge in [-0.05, 0) is 51.4 Å². The van der Waals surface area contributed by atoms with Gasteiger partial charge in [-0.3, -0.25) is 0 Å². The molecule has 2 rings (SSSR count). The highest BCUT2D eigenvalue weighted by molar-refractivity contribution is 5.28. The Morgan fingerprint density at radius 3 is 2.61 bits per heavy atom. The number of ether oxygens (including phenoxy) is 2. The van der Waals surface area contributed by atoms with Crippen molar-refractivity contribution in [1.29, 1.82) is 0 Å². The molecule has 3 heteroatoms. The first-order valence-electron chi connectivity index (χ1n) is 6.74. The van der Waals surface area contributed by atoms with E-state index in [2.05, 4.69) is 31.3 Å². The van der Waals surface area contributed by atoms with Crippen molar-refractivity contribution in [2.45, 2.75) is 44.9 Å². The van der Waals surface area contributed by atoms with Crippen LogP contribution in [0.15, 0.2) is 24.3 Å². The molecule has 0 amide bonds. The maximum atomic E-state index is 5.76. The van der Waals surface area contributed by atoms with E-state index in [9.17, 15) is 0 Å². The molecule has 0 spiro atoms. The highest BCUT2D eigenvalue weighted by atomic mass is 16.5. The Labute approximate surface area is 109 Å². The Balaban J connectivity index is 1.83. The Hall–Kier alpha value is -1.06. The predicted octanol–water partition coefficient (Wildman–Crippen LogP) is 2.91. The summed E-state index contributed by atoms with van der Waals surface area (Å²) in [5, 5.41) is 3.22. The van der Waals surface area contributed by atoms with E-state index in [1.807, 2.05) is 19.2 Å². The van der Waals surface area contributed by atoms with Crippen LogP contribution in [0.5, 0.6) is 5.75 Å². The summed E-state index contributed by atoms with van der Waals surface area (Å²) < 4.78 is 11.5. The van der Waals surface area contributed by atoms with Crippen LogP contribution in [0.3, 0.4) is 0 Å². The van der Waals surface area contributed by atoms with Gasteiger partial charge in [0.2, 0.25) is 0 Å².